The third-order valence-electron chi connectivity index (χ3n) is 4.12. The van der Waals surface area contributed by atoms with Crippen molar-refractivity contribution in [3.8, 4) is 0 Å². The van der Waals surface area contributed by atoms with Gasteiger partial charge >= 0.3 is 0 Å². The molecule has 1 aromatic heterocycles. The van der Waals surface area contributed by atoms with E-state index in [1.807, 2.05) is 6.92 Å². The van der Waals surface area contributed by atoms with Crippen LogP contribution in [0.15, 0.2) is 4.52 Å². The summed E-state index contributed by atoms with van der Waals surface area (Å²) in [6, 6.07) is 0. The summed E-state index contributed by atoms with van der Waals surface area (Å²) >= 11 is 0. The maximum atomic E-state index is 9.96. The molecule has 0 aliphatic heterocycles. The summed E-state index contributed by atoms with van der Waals surface area (Å²) in [5.74, 6) is 1.84. The van der Waals surface area contributed by atoms with E-state index < -0.39 is 6.10 Å². The zero-order valence-corrected chi connectivity index (χ0v) is 12.4. The summed E-state index contributed by atoms with van der Waals surface area (Å²) in [6.45, 7) is 6.52. The van der Waals surface area contributed by atoms with Crippen LogP contribution in [0.2, 0.25) is 0 Å². The second-order valence-corrected chi connectivity index (χ2v) is 6.35. The normalized spacial score (nSPS) is 20.1. The maximum Gasteiger partial charge on any atom is 0.232 e. The van der Waals surface area contributed by atoms with Gasteiger partial charge in [0, 0.05) is 5.41 Å². The van der Waals surface area contributed by atoms with Crippen molar-refractivity contribution in [1.82, 2.24) is 10.1 Å². The number of aromatic nitrogens is 2. The van der Waals surface area contributed by atoms with Gasteiger partial charge < -0.3 is 9.63 Å². The van der Waals surface area contributed by atoms with Crippen LogP contribution in [-0.4, -0.2) is 15.2 Å². The molecule has 0 bridgehead atoms. The maximum absolute atomic E-state index is 9.96. The fraction of sp³-hybridized carbons (Fsp3) is 0.867. The highest BCUT2D eigenvalue weighted by Crippen LogP contribution is 2.45. The molecule has 1 saturated carbocycles. The summed E-state index contributed by atoms with van der Waals surface area (Å²) in [6.07, 6.45) is 6.87. The van der Waals surface area contributed by atoms with E-state index in [0.717, 1.165) is 31.6 Å². The van der Waals surface area contributed by atoms with Crippen molar-refractivity contribution in [2.24, 2.45) is 5.92 Å². The predicted octanol–water partition coefficient (Wildman–Crippen LogP) is 3.76. The lowest BCUT2D eigenvalue weighted by molar-refractivity contribution is 0.152. The topological polar surface area (TPSA) is 59.2 Å². The third kappa shape index (κ3) is 3.16. The molecule has 1 N–H and O–H groups in total. The highest BCUT2D eigenvalue weighted by Gasteiger charge is 2.41. The molecule has 0 aromatic carbocycles. The van der Waals surface area contributed by atoms with Crippen LogP contribution in [0, 0.1) is 5.92 Å². The summed E-state index contributed by atoms with van der Waals surface area (Å²) in [7, 11) is 0. The lowest BCUT2D eigenvalue weighted by Gasteiger charge is -2.26. The Morgan fingerprint density at radius 2 is 2.00 bits per heavy atom. The molecule has 4 heteroatoms. The second kappa shape index (κ2) is 6.04. The monoisotopic (exact) mass is 266 g/mol. The smallest absolute Gasteiger partial charge is 0.232 e. The Morgan fingerprint density at radius 1 is 1.32 bits per heavy atom. The average molecular weight is 266 g/mol. The lowest BCUT2D eigenvalue weighted by Crippen LogP contribution is -2.25. The molecule has 1 aliphatic rings. The number of nitrogens with zero attached hydrogens (tertiary/aromatic N) is 2. The van der Waals surface area contributed by atoms with E-state index in [-0.39, 0.29) is 5.41 Å². The van der Waals surface area contributed by atoms with Crippen molar-refractivity contribution in [2.75, 3.05) is 0 Å². The van der Waals surface area contributed by atoms with E-state index in [9.17, 15) is 5.11 Å². The molecule has 1 unspecified atom stereocenters. The molecule has 1 aliphatic carbocycles. The van der Waals surface area contributed by atoms with Crippen LogP contribution in [0.1, 0.15) is 83.5 Å². The van der Waals surface area contributed by atoms with E-state index in [4.69, 9.17) is 4.52 Å². The van der Waals surface area contributed by atoms with Crippen LogP contribution in [0.4, 0.5) is 0 Å². The molecule has 2 rings (SSSR count). The largest absolute Gasteiger partial charge is 0.385 e. The van der Waals surface area contributed by atoms with Gasteiger partial charge in [-0.2, -0.15) is 4.98 Å². The Balaban J connectivity index is 2.18. The number of rotatable bonds is 6. The Labute approximate surface area is 115 Å². The molecule has 1 fully saturated rings. The molecule has 19 heavy (non-hydrogen) atoms. The number of hydrogen-bond donors (Lipinski definition) is 1. The first-order valence-electron chi connectivity index (χ1n) is 7.59. The number of aliphatic hydroxyl groups excluding tert-OH is 1. The molecule has 1 aromatic rings. The third-order valence-corrected chi connectivity index (χ3v) is 4.12. The van der Waals surface area contributed by atoms with Crippen molar-refractivity contribution in [2.45, 2.75) is 77.2 Å². The predicted molar refractivity (Wildman–Crippen MR) is 73.8 cm³/mol. The van der Waals surface area contributed by atoms with Crippen LogP contribution >= 0.6 is 0 Å². The molecule has 1 heterocycles. The van der Waals surface area contributed by atoms with Crippen LogP contribution in [0.5, 0.6) is 0 Å². The van der Waals surface area contributed by atoms with Gasteiger partial charge in [-0.25, -0.2) is 0 Å². The Bertz CT molecular complexity index is 395. The van der Waals surface area contributed by atoms with Gasteiger partial charge in [0.15, 0.2) is 5.82 Å². The first-order valence-corrected chi connectivity index (χ1v) is 7.59. The van der Waals surface area contributed by atoms with E-state index in [2.05, 4.69) is 24.0 Å². The van der Waals surface area contributed by atoms with E-state index in [1.54, 1.807) is 0 Å². The summed E-state index contributed by atoms with van der Waals surface area (Å²) in [5, 5.41) is 14.0. The molecule has 4 nitrogen and oxygen atoms in total. The molecular weight excluding hydrogens is 240 g/mol. The Kier molecular flexibility index (Phi) is 4.61. The van der Waals surface area contributed by atoms with Gasteiger partial charge in [0.25, 0.3) is 0 Å². The van der Waals surface area contributed by atoms with Crippen LogP contribution in [-0.2, 0) is 5.41 Å². The minimum atomic E-state index is -0.583. The van der Waals surface area contributed by atoms with Crippen LogP contribution in [0.3, 0.4) is 0 Å². The van der Waals surface area contributed by atoms with Crippen LogP contribution in [0.25, 0.3) is 0 Å². The van der Waals surface area contributed by atoms with Gasteiger partial charge in [0.1, 0.15) is 6.10 Å². The van der Waals surface area contributed by atoms with Gasteiger partial charge in [-0.15, -0.1) is 0 Å². The zero-order valence-electron chi connectivity index (χ0n) is 12.4. The van der Waals surface area contributed by atoms with Crippen molar-refractivity contribution in [3.05, 3.63) is 11.7 Å². The molecule has 0 radical (unpaired) electrons. The summed E-state index contributed by atoms with van der Waals surface area (Å²) in [4.78, 5) is 4.51. The first kappa shape index (κ1) is 14.5. The van der Waals surface area contributed by atoms with Crippen molar-refractivity contribution >= 4 is 0 Å². The van der Waals surface area contributed by atoms with Crippen LogP contribution < -0.4 is 0 Å². The quantitative estimate of drug-likeness (QED) is 0.851. The highest BCUT2D eigenvalue weighted by molar-refractivity contribution is 5.09. The first-order chi connectivity index (χ1) is 9.07. The Hall–Kier alpha value is -0.900. The minimum absolute atomic E-state index is 0.0609. The fourth-order valence-electron chi connectivity index (χ4n) is 3.33. The van der Waals surface area contributed by atoms with Crippen molar-refractivity contribution in [1.29, 1.82) is 0 Å². The van der Waals surface area contributed by atoms with Gasteiger partial charge in [0.2, 0.25) is 5.89 Å². The van der Waals surface area contributed by atoms with Crippen molar-refractivity contribution < 1.29 is 9.63 Å². The molecule has 0 amide bonds. The lowest BCUT2D eigenvalue weighted by atomic mass is 9.78. The number of aliphatic hydroxyl groups is 1. The standard InChI is InChI=1S/C15H26N2O2/c1-4-7-12(18)13-16-14(19-17-13)15(10-11(2)3)8-5-6-9-15/h11-12,18H,4-10H2,1-3H3. The van der Waals surface area contributed by atoms with Gasteiger partial charge in [-0.3, -0.25) is 0 Å². The van der Waals surface area contributed by atoms with Gasteiger partial charge in [0.05, 0.1) is 0 Å². The Morgan fingerprint density at radius 3 is 2.58 bits per heavy atom. The van der Waals surface area contributed by atoms with E-state index in [1.165, 1.54) is 12.8 Å². The summed E-state index contributed by atoms with van der Waals surface area (Å²) in [5.41, 5.74) is 0.0609. The average Bonchev–Trinajstić information content (AvgIpc) is 2.97. The number of hydrogen-bond acceptors (Lipinski definition) is 4. The summed E-state index contributed by atoms with van der Waals surface area (Å²) < 4.78 is 5.50. The molecule has 1 atom stereocenters. The fourth-order valence-corrected chi connectivity index (χ4v) is 3.33. The van der Waals surface area contributed by atoms with Gasteiger partial charge in [-0.1, -0.05) is 45.2 Å². The van der Waals surface area contributed by atoms with E-state index in [0.29, 0.717) is 18.2 Å². The second-order valence-electron chi connectivity index (χ2n) is 6.35. The van der Waals surface area contributed by atoms with E-state index >= 15 is 0 Å². The minimum Gasteiger partial charge on any atom is -0.385 e. The SMILES string of the molecule is CCCC(O)c1noc(C2(CC(C)C)CCCC2)n1. The molecule has 0 saturated heterocycles. The molecular formula is C15H26N2O2. The van der Waals surface area contributed by atoms with Gasteiger partial charge in [-0.05, 0) is 31.6 Å². The highest BCUT2D eigenvalue weighted by atomic mass is 16.5. The molecule has 0 spiro atoms. The molecule has 108 valence electrons. The zero-order chi connectivity index (χ0) is 13.9. The van der Waals surface area contributed by atoms with Crippen molar-refractivity contribution in [3.63, 3.8) is 0 Å².